The van der Waals surface area contributed by atoms with E-state index in [4.69, 9.17) is 27.9 Å². The van der Waals surface area contributed by atoms with Crippen molar-refractivity contribution in [3.05, 3.63) is 45.9 Å². The second kappa shape index (κ2) is 5.72. The summed E-state index contributed by atoms with van der Waals surface area (Å²) in [5.74, 6) is 0.126. The first-order valence-corrected chi connectivity index (χ1v) is 9.34. The SMILES string of the molecule is CC1(C)Cc2cc(S(=O)(=O)Nc3ccc(Cl)c(Cl)c3)cc(O)c2O1. The molecule has 0 spiro atoms. The van der Waals surface area contributed by atoms with E-state index < -0.39 is 15.6 Å². The molecule has 3 rings (SSSR count). The predicted molar refractivity (Wildman–Crippen MR) is 93.8 cm³/mol. The molecule has 0 bridgehead atoms. The van der Waals surface area contributed by atoms with Crippen LogP contribution in [0.1, 0.15) is 19.4 Å². The van der Waals surface area contributed by atoms with Gasteiger partial charge in [-0.3, -0.25) is 4.72 Å². The second-order valence-corrected chi connectivity index (χ2v) is 8.70. The van der Waals surface area contributed by atoms with Crippen molar-refractivity contribution < 1.29 is 18.3 Å². The standard InChI is InChI=1S/C16H15Cl2NO4S/c1-16(2)8-9-5-11(7-14(20)15(9)23-16)24(21,22)19-10-3-4-12(17)13(18)6-10/h3-7,19-20H,8H2,1-2H3. The maximum absolute atomic E-state index is 12.6. The van der Waals surface area contributed by atoms with Crippen molar-refractivity contribution >= 4 is 38.9 Å². The molecule has 0 aliphatic carbocycles. The van der Waals surface area contributed by atoms with Gasteiger partial charge in [0.15, 0.2) is 11.5 Å². The summed E-state index contributed by atoms with van der Waals surface area (Å²) in [4.78, 5) is -0.0499. The number of hydrogen-bond donors (Lipinski definition) is 2. The normalized spacial score (nSPS) is 15.7. The maximum Gasteiger partial charge on any atom is 0.262 e. The number of halogens is 2. The number of anilines is 1. The van der Waals surface area contributed by atoms with Gasteiger partial charge in [0.2, 0.25) is 0 Å². The second-order valence-electron chi connectivity index (χ2n) is 6.20. The van der Waals surface area contributed by atoms with Gasteiger partial charge in [0.05, 0.1) is 20.6 Å². The Hall–Kier alpha value is -1.63. The number of fused-ring (bicyclic) bond motifs is 1. The Morgan fingerprint density at radius 2 is 1.88 bits per heavy atom. The highest BCUT2D eigenvalue weighted by atomic mass is 35.5. The van der Waals surface area contributed by atoms with Crippen molar-refractivity contribution in [2.24, 2.45) is 0 Å². The van der Waals surface area contributed by atoms with Crippen LogP contribution >= 0.6 is 23.2 Å². The number of sulfonamides is 1. The van der Waals surface area contributed by atoms with Crippen LogP contribution in [0.3, 0.4) is 0 Å². The fraction of sp³-hybridized carbons (Fsp3) is 0.250. The van der Waals surface area contributed by atoms with Crippen molar-refractivity contribution in [3.8, 4) is 11.5 Å². The summed E-state index contributed by atoms with van der Waals surface area (Å²) >= 11 is 11.7. The van der Waals surface area contributed by atoms with Crippen molar-refractivity contribution in [2.75, 3.05) is 4.72 Å². The zero-order chi connectivity index (χ0) is 17.7. The minimum absolute atomic E-state index is 0.0499. The molecule has 24 heavy (non-hydrogen) atoms. The van der Waals surface area contributed by atoms with Crippen molar-refractivity contribution in [1.82, 2.24) is 0 Å². The third kappa shape index (κ3) is 3.27. The molecule has 0 saturated carbocycles. The Balaban J connectivity index is 1.96. The lowest BCUT2D eigenvalue weighted by Crippen LogP contribution is -2.24. The molecule has 2 aromatic rings. The molecule has 2 N–H and O–H groups in total. The van der Waals surface area contributed by atoms with Crippen molar-refractivity contribution in [2.45, 2.75) is 30.8 Å². The van der Waals surface area contributed by atoms with E-state index >= 15 is 0 Å². The number of nitrogens with one attached hydrogen (secondary N) is 1. The zero-order valence-corrected chi connectivity index (χ0v) is 15.3. The molecular weight excluding hydrogens is 373 g/mol. The molecule has 2 aromatic carbocycles. The van der Waals surface area contributed by atoms with Crippen molar-refractivity contribution in [1.29, 1.82) is 0 Å². The highest BCUT2D eigenvalue weighted by molar-refractivity contribution is 7.92. The predicted octanol–water partition coefficient (Wildman–Crippen LogP) is 4.21. The summed E-state index contributed by atoms with van der Waals surface area (Å²) in [6, 6.07) is 7.09. The Kier molecular flexibility index (Phi) is 4.10. The van der Waals surface area contributed by atoms with Gasteiger partial charge in [-0.15, -0.1) is 0 Å². The number of phenolic OH excluding ortho intramolecular Hbond substituents is 1. The fourth-order valence-corrected chi connectivity index (χ4v) is 4.01. The molecule has 5 nitrogen and oxygen atoms in total. The van der Waals surface area contributed by atoms with E-state index in [-0.39, 0.29) is 21.4 Å². The molecule has 1 aliphatic heterocycles. The van der Waals surface area contributed by atoms with Gasteiger partial charge in [-0.25, -0.2) is 8.42 Å². The van der Waals surface area contributed by atoms with Crippen LogP contribution in [0.5, 0.6) is 11.5 Å². The molecule has 0 fully saturated rings. The van der Waals surface area contributed by atoms with Gasteiger partial charge in [-0.1, -0.05) is 23.2 Å². The van der Waals surface area contributed by atoms with E-state index in [2.05, 4.69) is 4.72 Å². The monoisotopic (exact) mass is 387 g/mol. The molecule has 128 valence electrons. The van der Waals surface area contributed by atoms with Crippen LogP contribution in [-0.2, 0) is 16.4 Å². The highest BCUT2D eigenvalue weighted by Crippen LogP contribution is 2.43. The molecule has 0 amide bonds. The Morgan fingerprint density at radius 1 is 1.17 bits per heavy atom. The van der Waals surface area contributed by atoms with Gasteiger partial charge < -0.3 is 9.84 Å². The first kappa shape index (κ1) is 17.2. The number of rotatable bonds is 3. The average molecular weight is 388 g/mol. The van der Waals surface area contributed by atoms with E-state index in [0.717, 1.165) is 0 Å². The van der Waals surface area contributed by atoms with E-state index in [9.17, 15) is 13.5 Å². The first-order valence-electron chi connectivity index (χ1n) is 7.10. The average Bonchev–Trinajstić information content (AvgIpc) is 2.77. The molecule has 0 saturated heterocycles. The van der Waals surface area contributed by atoms with Crippen LogP contribution in [0.4, 0.5) is 5.69 Å². The third-order valence-electron chi connectivity index (χ3n) is 3.60. The Bertz CT molecular complexity index is 926. The summed E-state index contributed by atoms with van der Waals surface area (Å²) in [5, 5.41) is 10.7. The fourth-order valence-electron chi connectivity index (χ4n) is 2.59. The lowest BCUT2D eigenvalue weighted by atomic mass is 10.0. The molecule has 0 aromatic heterocycles. The molecule has 1 heterocycles. The van der Waals surface area contributed by atoms with Gasteiger partial charge in [0.25, 0.3) is 10.0 Å². The highest BCUT2D eigenvalue weighted by Gasteiger charge is 2.33. The summed E-state index contributed by atoms with van der Waals surface area (Å²) in [6.45, 7) is 3.74. The number of phenols is 1. The largest absolute Gasteiger partial charge is 0.504 e. The summed E-state index contributed by atoms with van der Waals surface area (Å²) < 4.78 is 33.2. The molecule has 8 heteroatoms. The molecule has 0 radical (unpaired) electrons. The maximum atomic E-state index is 12.6. The summed E-state index contributed by atoms with van der Waals surface area (Å²) in [7, 11) is -3.89. The summed E-state index contributed by atoms with van der Waals surface area (Å²) in [5.41, 5.74) is 0.440. The summed E-state index contributed by atoms with van der Waals surface area (Å²) in [6.07, 6.45) is 0.506. The Morgan fingerprint density at radius 3 is 2.54 bits per heavy atom. The molecule has 1 aliphatic rings. The number of benzene rings is 2. The minimum atomic E-state index is -3.89. The van der Waals surface area contributed by atoms with Crippen molar-refractivity contribution in [3.63, 3.8) is 0 Å². The number of hydrogen-bond acceptors (Lipinski definition) is 4. The smallest absolute Gasteiger partial charge is 0.262 e. The molecule has 0 unspecified atom stereocenters. The van der Waals surface area contributed by atoms with Gasteiger partial charge >= 0.3 is 0 Å². The van der Waals surface area contributed by atoms with Gasteiger partial charge in [0.1, 0.15) is 5.60 Å². The first-order chi connectivity index (χ1) is 11.1. The molecule has 0 atom stereocenters. The zero-order valence-electron chi connectivity index (χ0n) is 12.9. The quantitative estimate of drug-likeness (QED) is 0.826. The molecular formula is C16H15Cl2NO4S. The van der Waals surface area contributed by atoms with E-state index in [1.165, 1.54) is 30.3 Å². The van der Waals surface area contributed by atoms with Gasteiger partial charge in [0, 0.05) is 18.1 Å². The van der Waals surface area contributed by atoms with Gasteiger partial charge in [-0.05, 0) is 38.1 Å². The van der Waals surface area contributed by atoms with Crippen LogP contribution in [-0.4, -0.2) is 19.1 Å². The van der Waals surface area contributed by atoms with Crippen LogP contribution in [0.2, 0.25) is 10.0 Å². The topological polar surface area (TPSA) is 75.6 Å². The minimum Gasteiger partial charge on any atom is -0.504 e. The van der Waals surface area contributed by atoms with Crippen LogP contribution < -0.4 is 9.46 Å². The van der Waals surface area contributed by atoms with Crippen LogP contribution in [0.25, 0.3) is 0 Å². The van der Waals surface area contributed by atoms with Gasteiger partial charge in [-0.2, -0.15) is 0 Å². The van der Waals surface area contributed by atoms with Crippen LogP contribution in [0.15, 0.2) is 35.2 Å². The lowest BCUT2D eigenvalue weighted by Gasteiger charge is -2.17. The van der Waals surface area contributed by atoms with Crippen LogP contribution in [0, 0.1) is 0 Å². The van der Waals surface area contributed by atoms with E-state index in [1.54, 1.807) is 0 Å². The third-order valence-corrected chi connectivity index (χ3v) is 5.70. The van der Waals surface area contributed by atoms with E-state index in [0.29, 0.717) is 22.8 Å². The lowest BCUT2D eigenvalue weighted by molar-refractivity contribution is 0.134. The van der Waals surface area contributed by atoms with E-state index in [1.807, 2.05) is 13.8 Å². The number of ether oxygens (including phenoxy) is 1. The number of aromatic hydroxyl groups is 1. The Labute approximate surface area is 150 Å².